The van der Waals surface area contributed by atoms with Crippen LogP contribution in [0.1, 0.15) is 16.1 Å². The molecule has 2 heterocycles. The Labute approximate surface area is 145 Å². The van der Waals surface area contributed by atoms with Gasteiger partial charge in [-0.2, -0.15) is 5.10 Å². The topological polar surface area (TPSA) is 78.3 Å². The molecule has 1 N–H and O–H groups in total. The maximum Gasteiger partial charge on any atom is 0.277 e. The smallest absolute Gasteiger partial charge is 0.277 e. The predicted octanol–water partition coefficient (Wildman–Crippen LogP) is 2.88. The van der Waals surface area contributed by atoms with E-state index in [1.807, 2.05) is 25.1 Å². The molecule has 128 valence electrons. The lowest BCUT2D eigenvalue weighted by Gasteiger charge is -2.07. The molecule has 0 spiro atoms. The van der Waals surface area contributed by atoms with Gasteiger partial charge in [0.15, 0.2) is 12.4 Å². The van der Waals surface area contributed by atoms with Crippen LogP contribution in [0.15, 0.2) is 54.9 Å². The van der Waals surface area contributed by atoms with Gasteiger partial charge in [-0.1, -0.05) is 0 Å². The summed E-state index contributed by atoms with van der Waals surface area (Å²) in [5.74, 6) is 1.62. The molecule has 0 aliphatic carbocycles. The van der Waals surface area contributed by atoms with Gasteiger partial charge in [-0.3, -0.25) is 4.79 Å². The summed E-state index contributed by atoms with van der Waals surface area (Å²) in [7, 11) is 1.61. The van der Waals surface area contributed by atoms with Gasteiger partial charge in [0.2, 0.25) is 0 Å². The third kappa shape index (κ3) is 4.35. The minimum atomic E-state index is -0.318. The van der Waals surface area contributed by atoms with Crippen molar-refractivity contribution in [2.24, 2.45) is 0 Å². The zero-order valence-electron chi connectivity index (χ0n) is 14.0. The van der Waals surface area contributed by atoms with Crippen LogP contribution in [0.4, 0.5) is 5.82 Å². The summed E-state index contributed by atoms with van der Waals surface area (Å²) in [6.45, 7) is 2.13. The van der Waals surface area contributed by atoms with Gasteiger partial charge in [0.05, 0.1) is 7.11 Å². The number of methoxy groups -OCH3 is 1. The van der Waals surface area contributed by atoms with E-state index in [-0.39, 0.29) is 12.6 Å². The Bertz CT molecular complexity index is 859. The van der Waals surface area contributed by atoms with Crippen LogP contribution in [0.3, 0.4) is 0 Å². The van der Waals surface area contributed by atoms with Gasteiger partial charge >= 0.3 is 0 Å². The second-order valence-corrected chi connectivity index (χ2v) is 5.36. The molecule has 0 aliphatic heterocycles. The number of amides is 1. The van der Waals surface area contributed by atoms with Crippen molar-refractivity contribution in [3.8, 4) is 11.5 Å². The van der Waals surface area contributed by atoms with E-state index in [4.69, 9.17) is 9.47 Å². The van der Waals surface area contributed by atoms with E-state index in [1.165, 1.54) is 0 Å². The fourth-order valence-electron chi connectivity index (χ4n) is 2.15. The molecule has 0 saturated heterocycles. The molecule has 0 bridgehead atoms. The summed E-state index contributed by atoms with van der Waals surface area (Å²) in [4.78, 5) is 16.3. The van der Waals surface area contributed by atoms with E-state index >= 15 is 0 Å². The van der Waals surface area contributed by atoms with E-state index in [1.54, 1.807) is 48.5 Å². The molecule has 0 unspecified atom stereocenters. The third-order valence-electron chi connectivity index (χ3n) is 3.45. The lowest BCUT2D eigenvalue weighted by atomic mass is 10.3. The number of benzene rings is 1. The summed E-state index contributed by atoms with van der Waals surface area (Å²) in [6.07, 6.45) is 3.33. The van der Waals surface area contributed by atoms with E-state index in [0.29, 0.717) is 17.3 Å². The molecule has 0 aliphatic rings. The summed E-state index contributed by atoms with van der Waals surface area (Å²) in [5, 5.41) is 6.92. The number of nitrogens with zero attached hydrogens (tertiary/aromatic N) is 3. The second kappa shape index (κ2) is 7.48. The summed E-state index contributed by atoms with van der Waals surface area (Å²) < 4.78 is 12.3. The highest BCUT2D eigenvalue weighted by atomic mass is 16.5. The molecule has 7 nitrogen and oxygen atoms in total. The minimum absolute atomic E-state index is 0.197. The lowest BCUT2D eigenvalue weighted by molar-refractivity contribution is 0.102. The highest BCUT2D eigenvalue weighted by molar-refractivity contribution is 6.02. The highest BCUT2D eigenvalue weighted by Gasteiger charge is 2.10. The van der Waals surface area contributed by atoms with Crippen LogP contribution in [-0.2, 0) is 6.73 Å². The predicted molar refractivity (Wildman–Crippen MR) is 92.8 cm³/mol. The molecule has 2 aromatic heterocycles. The Balaban J connectivity index is 1.58. The molecule has 0 fully saturated rings. The van der Waals surface area contributed by atoms with E-state index < -0.39 is 0 Å². The number of carbonyl (C=O) groups excluding carboxylic acids is 1. The van der Waals surface area contributed by atoms with Gasteiger partial charge in [0.1, 0.15) is 17.3 Å². The fourth-order valence-corrected chi connectivity index (χ4v) is 2.15. The number of carbonyl (C=O) groups is 1. The maximum absolute atomic E-state index is 12.2. The number of hydrogen-bond donors (Lipinski definition) is 1. The third-order valence-corrected chi connectivity index (χ3v) is 3.45. The molecule has 7 heteroatoms. The van der Waals surface area contributed by atoms with Gasteiger partial charge in [-0.15, -0.1) is 0 Å². The largest absolute Gasteiger partial charge is 0.497 e. The summed E-state index contributed by atoms with van der Waals surface area (Å²) >= 11 is 0. The van der Waals surface area contributed by atoms with Crippen LogP contribution in [0.5, 0.6) is 11.5 Å². The molecule has 1 aromatic carbocycles. The first-order valence-corrected chi connectivity index (χ1v) is 7.68. The van der Waals surface area contributed by atoms with Crippen LogP contribution in [0.2, 0.25) is 0 Å². The van der Waals surface area contributed by atoms with Crippen molar-refractivity contribution < 1.29 is 14.3 Å². The molecule has 3 rings (SSSR count). The number of pyridine rings is 1. The number of rotatable bonds is 6. The lowest BCUT2D eigenvalue weighted by Crippen LogP contribution is -2.15. The van der Waals surface area contributed by atoms with Crippen molar-refractivity contribution in [1.29, 1.82) is 0 Å². The molecule has 1 amide bonds. The fraction of sp³-hybridized carbons (Fsp3) is 0.167. The Hall–Kier alpha value is -3.35. The molecule has 0 saturated carbocycles. The number of aryl methyl sites for hydroxylation is 1. The van der Waals surface area contributed by atoms with Crippen molar-refractivity contribution >= 4 is 11.7 Å². The number of nitrogens with one attached hydrogen (secondary N) is 1. The SMILES string of the molecule is COc1ccc(OCn2ccc(C(=O)Nc3cc(C)ccn3)n2)cc1. The number of aromatic nitrogens is 3. The van der Waals surface area contributed by atoms with Gasteiger partial charge in [0.25, 0.3) is 5.91 Å². The van der Waals surface area contributed by atoms with Crippen LogP contribution in [0, 0.1) is 6.92 Å². The van der Waals surface area contributed by atoms with Crippen molar-refractivity contribution in [2.45, 2.75) is 13.7 Å². The van der Waals surface area contributed by atoms with Crippen LogP contribution < -0.4 is 14.8 Å². The summed E-state index contributed by atoms with van der Waals surface area (Å²) in [5.41, 5.74) is 1.31. The van der Waals surface area contributed by atoms with Crippen LogP contribution in [0.25, 0.3) is 0 Å². The zero-order chi connectivity index (χ0) is 17.6. The number of hydrogen-bond acceptors (Lipinski definition) is 5. The standard InChI is InChI=1S/C18H18N4O3/c1-13-7-9-19-17(11-13)20-18(23)16-8-10-22(21-16)12-25-15-5-3-14(24-2)4-6-15/h3-11H,12H2,1-2H3,(H,19,20,23). The highest BCUT2D eigenvalue weighted by Crippen LogP contribution is 2.17. The minimum Gasteiger partial charge on any atom is -0.497 e. The maximum atomic E-state index is 12.2. The average Bonchev–Trinajstić information content (AvgIpc) is 3.09. The van der Waals surface area contributed by atoms with Gasteiger partial charge < -0.3 is 14.8 Å². The zero-order valence-corrected chi connectivity index (χ0v) is 14.0. The van der Waals surface area contributed by atoms with Crippen molar-refractivity contribution in [3.05, 3.63) is 66.1 Å². The molecular formula is C18H18N4O3. The second-order valence-electron chi connectivity index (χ2n) is 5.36. The molecule has 0 atom stereocenters. The molecule has 3 aromatic rings. The summed E-state index contributed by atoms with van der Waals surface area (Å²) in [6, 6.07) is 12.5. The Morgan fingerprint density at radius 1 is 1.16 bits per heavy atom. The Morgan fingerprint density at radius 2 is 1.92 bits per heavy atom. The quantitative estimate of drug-likeness (QED) is 0.748. The first-order valence-electron chi connectivity index (χ1n) is 7.68. The first-order chi connectivity index (χ1) is 12.1. The van der Waals surface area contributed by atoms with Crippen molar-refractivity contribution in [2.75, 3.05) is 12.4 Å². The van der Waals surface area contributed by atoms with Gasteiger partial charge in [-0.25, -0.2) is 9.67 Å². The van der Waals surface area contributed by atoms with E-state index in [2.05, 4.69) is 15.4 Å². The normalized spacial score (nSPS) is 10.3. The Morgan fingerprint density at radius 3 is 2.64 bits per heavy atom. The molecular weight excluding hydrogens is 320 g/mol. The average molecular weight is 338 g/mol. The van der Waals surface area contributed by atoms with Crippen LogP contribution in [-0.4, -0.2) is 27.8 Å². The van der Waals surface area contributed by atoms with Crippen LogP contribution >= 0.6 is 0 Å². The van der Waals surface area contributed by atoms with Gasteiger partial charge in [-0.05, 0) is 55.0 Å². The molecule has 25 heavy (non-hydrogen) atoms. The Kier molecular flexibility index (Phi) is 4.94. The monoisotopic (exact) mass is 338 g/mol. The first kappa shape index (κ1) is 16.5. The van der Waals surface area contributed by atoms with Crippen molar-refractivity contribution in [1.82, 2.24) is 14.8 Å². The number of anilines is 1. The molecule has 0 radical (unpaired) electrons. The van der Waals surface area contributed by atoms with Gasteiger partial charge in [0, 0.05) is 12.4 Å². The van der Waals surface area contributed by atoms with E-state index in [0.717, 1.165) is 11.3 Å². The number of ether oxygens (including phenoxy) is 2. The van der Waals surface area contributed by atoms with Crippen molar-refractivity contribution in [3.63, 3.8) is 0 Å². The van der Waals surface area contributed by atoms with E-state index in [9.17, 15) is 4.79 Å².